The van der Waals surface area contributed by atoms with E-state index in [2.05, 4.69) is 17.9 Å². The molecule has 0 radical (unpaired) electrons. The van der Waals surface area contributed by atoms with Crippen molar-refractivity contribution in [2.45, 2.75) is 38.6 Å². The van der Waals surface area contributed by atoms with Gasteiger partial charge in [-0.3, -0.25) is 9.69 Å². The summed E-state index contributed by atoms with van der Waals surface area (Å²) in [7, 11) is 3.26. The minimum atomic E-state index is -0.683. The lowest BCUT2D eigenvalue weighted by atomic mass is 9.88. The highest BCUT2D eigenvalue weighted by atomic mass is 16.5. The second kappa shape index (κ2) is 8.20. The van der Waals surface area contributed by atoms with Crippen molar-refractivity contribution in [1.82, 2.24) is 4.90 Å². The average molecular weight is 321 g/mol. The van der Waals surface area contributed by atoms with Gasteiger partial charge >= 0.3 is 5.97 Å². The summed E-state index contributed by atoms with van der Waals surface area (Å²) in [5.74, 6) is 0.497. The van der Waals surface area contributed by atoms with Gasteiger partial charge in [0, 0.05) is 12.6 Å². The van der Waals surface area contributed by atoms with Crippen molar-refractivity contribution in [3.8, 4) is 11.5 Å². The number of carboxylic acids is 1. The number of benzene rings is 1. The largest absolute Gasteiger partial charge is 0.493 e. The second-order valence-corrected chi connectivity index (χ2v) is 6.09. The number of piperidine rings is 1. The van der Waals surface area contributed by atoms with Gasteiger partial charge in [0.1, 0.15) is 0 Å². The molecule has 1 aliphatic heterocycles. The van der Waals surface area contributed by atoms with Crippen LogP contribution in [0, 0.1) is 5.92 Å². The van der Waals surface area contributed by atoms with Gasteiger partial charge in [-0.05, 0) is 43.5 Å². The number of rotatable bonds is 7. The molecule has 2 rings (SSSR count). The molecule has 1 aliphatic rings. The Morgan fingerprint density at radius 3 is 2.61 bits per heavy atom. The number of unbranched alkanes of at least 4 members (excludes halogenated alkanes) is 1. The molecule has 1 fully saturated rings. The molecular formula is C18H27NO4. The van der Waals surface area contributed by atoms with Crippen LogP contribution in [0.15, 0.2) is 18.2 Å². The first kappa shape index (κ1) is 17.6. The van der Waals surface area contributed by atoms with E-state index < -0.39 is 5.97 Å². The Labute approximate surface area is 138 Å². The maximum absolute atomic E-state index is 11.3. The van der Waals surface area contributed by atoms with Gasteiger partial charge in [0.2, 0.25) is 0 Å². The predicted molar refractivity (Wildman–Crippen MR) is 89.1 cm³/mol. The van der Waals surface area contributed by atoms with Crippen molar-refractivity contribution >= 4 is 5.97 Å². The van der Waals surface area contributed by atoms with E-state index in [1.807, 2.05) is 12.1 Å². The fourth-order valence-electron chi connectivity index (χ4n) is 3.29. The molecule has 1 heterocycles. The Balaban J connectivity index is 2.22. The van der Waals surface area contributed by atoms with Crippen molar-refractivity contribution in [3.63, 3.8) is 0 Å². The maximum atomic E-state index is 11.3. The van der Waals surface area contributed by atoms with Crippen LogP contribution < -0.4 is 9.47 Å². The molecule has 128 valence electrons. The van der Waals surface area contributed by atoms with Crippen LogP contribution in [0.2, 0.25) is 0 Å². The van der Waals surface area contributed by atoms with Gasteiger partial charge in [0.05, 0.1) is 20.1 Å². The molecule has 0 aromatic heterocycles. The predicted octanol–water partition coefficient (Wildman–Crippen LogP) is 3.34. The lowest BCUT2D eigenvalue weighted by molar-refractivity contribution is -0.144. The third kappa shape index (κ3) is 4.16. The number of nitrogens with zero attached hydrogens (tertiary/aromatic N) is 1. The molecule has 5 nitrogen and oxygen atoms in total. The standard InChI is InChI=1S/C18H27NO4/c1-4-5-10-19-12-14(18(20)21)6-8-15(19)13-7-9-16(22-2)17(11-13)23-3/h7,9,11,14-15H,4-6,8,10,12H2,1-3H3,(H,20,21). The van der Waals surface area contributed by atoms with Crippen molar-refractivity contribution in [3.05, 3.63) is 23.8 Å². The van der Waals surface area contributed by atoms with Gasteiger partial charge in [0.15, 0.2) is 11.5 Å². The van der Waals surface area contributed by atoms with Crippen LogP contribution >= 0.6 is 0 Å². The number of likely N-dealkylation sites (tertiary alicyclic amines) is 1. The lowest BCUT2D eigenvalue weighted by Crippen LogP contribution is -2.41. The molecule has 1 saturated heterocycles. The number of ether oxygens (including phenoxy) is 2. The Morgan fingerprint density at radius 1 is 1.26 bits per heavy atom. The minimum absolute atomic E-state index is 0.247. The molecule has 1 aromatic rings. The summed E-state index contributed by atoms with van der Waals surface area (Å²) in [6.07, 6.45) is 3.76. The van der Waals surface area contributed by atoms with E-state index in [9.17, 15) is 9.90 Å². The van der Waals surface area contributed by atoms with Crippen LogP contribution in [0.4, 0.5) is 0 Å². The van der Waals surface area contributed by atoms with Gasteiger partial charge in [-0.1, -0.05) is 19.4 Å². The average Bonchev–Trinajstić information content (AvgIpc) is 2.58. The van der Waals surface area contributed by atoms with Crippen LogP contribution in [0.3, 0.4) is 0 Å². The number of methoxy groups -OCH3 is 2. The first-order chi connectivity index (χ1) is 11.1. The van der Waals surface area contributed by atoms with Crippen molar-refractivity contribution < 1.29 is 19.4 Å². The van der Waals surface area contributed by atoms with Gasteiger partial charge in [0.25, 0.3) is 0 Å². The Morgan fingerprint density at radius 2 is 2.00 bits per heavy atom. The molecule has 1 aromatic carbocycles. The molecule has 1 N–H and O–H groups in total. The SMILES string of the molecule is CCCCN1CC(C(=O)O)CCC1c1ccc(OC)c(OC)c1. The van der Waals surface area contributed by atoms with Crippen LogP contribution in [-0.4, -0.2) is 43.3 Å². The topological polar surface area (TPSA) is 59.0 Å². The minimum Gasteiger partial charge on any atom is -0.493 e. The van der Waals surface area contributed by atoms with Gasteiger partial charge in [-0.15, -0.1) is 0 Å². The van der Waals surface area contributed by atoms with Crippen molar-refractivity contribution in [2.24, 2.45) is 5.92 Å². The third-order valence-corrected chi connectivity index (χ3v) is 4.62. The molecule has 0 amide bonds. The fourth-order valence-corrected chi connectivity index (χ4v) is 3.29. The summed E-state index contributed by atoms with van der Waals surface area (Å²) in [5, 5.41) is 9.33. The van der Waals surface area contributed by atoms with Gasteiger partial charge < -0.3 is 14.6 Å². The molecule has 0 aliphatic carbocycles. The van der Waals surface area contributed by atoms with E-state index in [1.54, 1.807) is 14.2 Å². The van der Waals surface area contributed by atoms with Crippen LogP contribution in [-0.2, 0) is 4.79 Å². The number of hydrogen-bond acceptors (Lipinski definition) is 4. The summed E-state index contributed by atoms with van der Waals surface area (Å²) in [6, 6.07) is 6.25. The van der Waals surface area contributed by atoms with Gasteiger partial charge in [-0.25, -0.2) is 0 Å². The van der Waals surface area contributed by atoms with Crippen LogP contribution in [0.5, 0.6) is 11.5 Å². The monoisotopic (exact) mass is 321 g/mol. The molecule has 2 unspecified atom stereocenters. The highest BCUT2D eigenvalue weighted by molar-refractivity contribution is 5.70. The smallest absolute Gasteiger partial charge is 0.307 e. The van der Waals surface area contributed by atoms with E-state index >= 15 is 0 Å². The summed E-state index contributed by atoms with van der Waals surface area (Å²) in [6.45, 7) is 3.71. The summed E-state index contributed by atoms with van der Waals surface area (Å²) >= 11 is 0. The molecule has 0 spiro atoms. The number of hydrogen-bond donors (Lipinski definition) is 1. The molecule has 5 heteroatoms. The van der Waals surface area contributed by atoms with Crippen molar-refractivity contribution in [2.75, 3.05) is 27.3 Å². The number of aliphatic carboxylic acids is 1. The van der Waals surface area contributed by atoms with Crippen LogP contribution in [0.1, 0.15) is 44.2 Å². The van der Waals surface area contributed by atoms with Gasteiger partial charge in [-0.2, -0.15) is 0 Å². The van der Waals surface area contributed by atoms with E-state index in [4.69, 9.17) is 9.47 Å². The Kier molecular flexibility index (Phi) is 6.28. The highest BCUT2D eigenvalue weighted by Crippen LogP contribution is 2.37. The summed E-state index contributed by atoms with van der Waals surface area (Å²) < 4.78 is 10.7. The van der Waals surface area contributed by atoms with E-state index in [0.29, 0.717) is 6.54 Å². The third-order valence-electron chi connectivity index (χ3n) is 4.62. The normalized spacial score (nSPS) is 21.9. The maximum Gasteiger partial charge on any atom is 0.307 e. The summed E-state index contributed by atoms with van der Waals surface area (Å²) in [4.78, 5) is 13.7. The molecule has 0 saturated carbocycles. The zero-order chi connectivity index (χ0) is 16.8. The van der Waals surface area contributed by atoms with E-state index in [0.717, 1.165) is 43.7 Å². The first-order valence-electron chi connectivity index (χ1n) is 8.29. The molecular weight excluding hydrogens is 294 g/mol. The first-order valence-corrected chi connectivity index (χ1v) is 8.29. The van der Waals surface area contributed by atoms with E-state index in [-0.39, 0.29) is 12.0 Å². The zero-order valence-corrected chi connectivity index (χ0v) is 14.2. The van der Waals surface area contributed by atoms with Crippen molar-refractivity contribution in [1.29, 1.82) is 0 Å². The molecule has 2 atom stereocenters. The zero-order valence-electron chi connectivity index (χ0n) is 14.2. The number of carbonyl (C=O) groups is 1. The fraction of sp³-hybridized carbons (Fsp3) is 0.611. The molecule has 0 bridgehead atoms. The second-order valence-electron chi connectivity index (χ2n) is 6.09. The lowest BCUT2D eigenvalue weighted by Gasteiger charge is -2.39. The number of carboxylic acid groups (broad SMARTS) is 1. The Hall–Kier alpha value is -1.75. The quantitative estimate of drug-likeness (QED) is 0.834. The highest BCUT2D eigenvalue weighted by Gasteiger charge is 2.32. The molecule has 23 heavy (non-hydrogen) atoms. The summed E-state index contributed by atoms with van der Waals surface area (Å²) in [5.41, 5.74) is 1.17. The van der Waals surface area contributed by atoms with Crippen LogP contribution in [0.25, 0.3) is 0 Å². The Bertz CT molecular complexity index is 532. The van der Waals surface area contributed by atoms with E-state index in [1.165, 1.54) is 5.56 Å².